The Kier molecular flexibility index (Phi) is 1.46. The van der Waals surface area contributed by atoms with Crippen LogP contribution in [-0.2, 0) is 0 Å². The van der Waals surface area contributed by atoms with E-state index >= 15 is 0 Å². The minimum absolute atomic E-state index is 0.293. The van der Waals surface area contributed by atoms with Gasteiger partial charge in [-0.2, -0.15) is 0 Å². The zero-order valence-electron chi connectivity index (χ0n) is 6.21. The molecule has 2 rings (SSSR count). The van der Waals surface area contributed by atoms with Gasteiger partial charge < -0.3 is 5.11 Å². The third kappa shape index (κ3) is 1.06. The van der Waals surface area contributed by atoms with E-state index in [9.17, 15) is 5.11 Å². The Morgan fingerprint density at radius 3 is 2.60 bits per heavy atom. The second-order valence-electron chi connectivity index (χ2n) is 3.52. The van der Waals surface area contributed by atoms with Crippen LogP contribution in [-0.4, -0.2) is 23.3 Å². The highest BCUT2D eigenvalue weighted by Crippen LogP contribution is 2.41. The molecule has 1 aliphatic carbocycles. The molecule has 1 radical (unpaired) electrons. The number of nitrogens with zero attached hydrogens (tertiary/aromatic N) is 1. The van der Waals surface area contributed by atoms with Crippen molar-refractivity contribution in [1.82, 2.24) is 5.32 Å². The van der Waals surface area contributed by atoms with Gasteiger partial charge in [0.1, 0.15) is 0 Å². The standard InChI is InChI=1S/C8H14NO/c10-8(4-5-8)7-3-1-2-6-9-7/h7,10H,1-6H2. The van der Waals surface area contributed by atoms with Crippen molar-refractivity contribution in [2.75, 3.05) is 6.54 Å². The summed E-state index contributed by atoms with van der Waals surface area (Å²) in [5, 5.41) is 14.1. The van der Waals surface area contributed by atoms with Crippen molar-refractivity contribution >= 4 is 0 Å². The van der Waals surface area contributed by atoms with E-state index < -0.39 is 0 Å². The fourth-order valence-electron chi connectivity index (χ4n) is 1.69. The molecule has 1 unspecified atom stereocenters. The third-order valence-corrected chi connectivity index (χ3v) is 2.62. The van der Waals surface area contributed by atoms with Gasteiger partial charge >= 0.3 is 0 Å². The summed E-state index contributed by atoms with van der Waals surface area (Å²) in [5.41, 5.74) is -0.347. The number of piperidine rings is 1. The molecule has 1 saturated carbocycles. The first-order valence-electron chi connectivity index (χ1n) is 4.20. The average molecular weight is 140 g/mol. The number of hydrogen-bond donors (Lipinski definition) is 1. The molecule has 1 saturated heterocycles. The summed E-state index contributed by atoms with van der Waals surface area (Å²) in [6, 6.07) is 0.293. The van der Waals surface area contributed by atoms with Gasteiger partial charge in [-0.3, -0.25) is 0 Å². The fraction of sp³-hybridized carbons (Fsp3) is 1.00. The molecule has 2 nitrogen and oxygen atoms in total. The highest BCUT2D eigenvalue weighted by molar-refractivity contribution is 5.03. The highest BCUT2D eigenvalue weighted by atomic mass is 16.3. The molecule has 0 aromatic heterocycles. The summed E-state index contributed by atoms with van der Waals surface area (Å²) in [5.74, 6) is 0. The molecular formula is C8H14NO. The largest absolute Gasteiger partial charge is 0.388 e. The van der Waals surface area contributed by atoms with Crippen molar-refractivity contribution in [3.63, 3.8) is 0 Å². The van der Waals surface area contributed by atoms with Crippen molar-refractivity contribution in [2.45, 2.75) is 43.7 Å². The van der Waals surface area contributed by atoms with E-state index in [-0.39, 0.29) is 5.60 Å². The van der Waals surface area contributed by atoms with Crippen molar-refractivity contribution < 1.29 is 5.11 Å². The lowest BCUT2D eigenvalue weighted by molar-refractivity contribution is 0.0871. The maximum absolute atomic E-state index is 9.66. The van der Waals surface area contributed by atoms with Gasteiger partial charge in [-0.15, -0.1) is 0 Å². The fourth-order valence-corrected chi connectivity index (χ4v) is 1.69. The smallest absolute Gasteiger partial charge is 0.0818 e. The van der Waals surface area contributed by atoms with Crippen molar-refractivity contribution in [2.24, 2.45) is 0 Å². The summed E-state index contributed by atoms with van der Waals surface area (Å²) >= 11 is 0. The molecule has 2 fully saturated rings. The van der Waals surface area contributed by atoms with Gasteiger partial charge in [-0.1, -0.05) is 6.42 Å². The van der Waals surface area contributed by atoms with Crippen LogP contribution < -0.4 is 5.32 Å². The Hall–Kier alpha value is -0.0800. The van der Waals surface area contributed by atoms with Gasteiger partial charge in [0.25, 0.3) is 0 Å². The van der Waals surface area contributed by atoms with Gasteiger partial charge in [-0.25, -0.2) is 5.32 Å². The lowest BCUT2D eigenvalue weighted by Crippen LogP contribution is -2.39. The molecule has 1 atom stereocenters. The van der Waals surface area contributed by atoms with Crippen molar-refractivity contribution in [3.8, 4) is 0 Å². The van der Waals surface area contributed by atoms with Crippen molar-refractivity contribution in [1.29, 1.82) is 0 Å². The van der Waals surface area contributed by atoms with Gasteiger partial charge in [0.15, 0.2) is 0 Å². The first-order chi connectivity index (χ1) is 4.81. The van der Waals surface area contributed by atoms with E-state index in [0.29, 0.717) is 6.04 Å². The van der Waals surface area contributed by atoms with E-state index in [0.717, 1.165) is 25.8 Å². The minimum atomic E-state index is -0.347. The van der Waals surface area contributed by atoms with Crippen molar-refractivity contribution in [3.05, 3.63) is 0 Å². The molecule has 0 amide bonds. The predicted octanol–water partition coefficient (Wildman–Crippen LogP) is 0.668. The first kappa shape index (κ1) is 6.62. The second-order valence-corrected chi connectivity index (χ2v) is 3.52. The number of hydrogen-bond acceptors (Lipinski definition) is 1. The monoisotopic (exact) mass is 140 g/mol. The quantitative estimate of drug-likeness (QED) is 0.570. The molecule has 10 heavy (non-hydrogen) atoms. The van der Waals surface area contributed by atoms with Crippen LogP contribution in [0.4, 0.5) is 0 Å². The Morgan fingerprint density at radius 2 is 2.10 bits per heavy atom. The predicted molar refractivity (Wildman–Crippen MR) is 38.8 cm³/mol. The molecule has 2 heteroatoms. The molecular weight excluding hydrogens is 126 g/mol. The van der Waals surface area contributed by atoms with E-state index in [4.69, 9.17) is 0 Å². The maximum atomic E-state index is 9.66. The molecule has 0 spiro atoms. The zero-order chi connectivity index (χ0) is 7.03. The first-order valence-corrected chi connectivity index (χ1v) is 4.20. The average Bonchev–Trinajstić information content (AvgIpc) is 2.72. The van der Waals surface area contributed by atoms with Crippen LogP contribution in [0.15, 0.2) is 0 Å². The second kappa shape index (κ2) is 2.21. The summed E-state index contributed by atoms with van der Waals surface area (Å²) in [6.45, 7) is 0.979. The van der Waals surface area contributed by atoms with E-state index in [1.165, 1.54) is 12.8 Å². The van der Waals surface area contributed by atoms with Gasteiger partial charge in [0.2, 0.25) is 0 Å². The van der Waals surface area contributed by atoms with E-state index in [2.05, 4.69) is 5.32 Å². The van der Waals surface area contributed by atoms with Crippen LogP contribution in [0.3, 0.4) is 0 Å². The molecule has 2 aliphatic rings. The summed E-state index contributed by atoms with van der Waals surface area (Å²) in [7, 11) is 0. The van der Waals surface area contributed by atoms with E-state index in [1.54, 1.807) is 0 Å². The minimum Gasteiger partial charge on any atom is -0.388 e. The van der Waals surface area contributed by atoms with Crippen LogP contribution in [0.25, 0.3) is 0 Å². The van der Waals surface area contributed by atoms with Crippen LogP contribution in [0.2, 0.25) is 0 Å². The summed E-state index contributed by atoms with van der Waals surface area (Å²) in [6.07, 6.45) is 5.59. The molecule has 1 heterocycles. The summed E-state index contributed by atoms with van der Waals surface area (Å²) in [4.78, 5) is 0. The molecule has 0 aromatic rings. The maximum Gasteiger partial charge on any atom is 0.0818 e. The Bertz CT molecular complexity index is 125. The molecule has 57 valence electrons. The topological polar surface area (TPSA) is 34.3 Å². The normalized spacial score (nSPS) is 37.5. The Labute approximate surface area is 61.6 Å². The lowest BCUT2D eigenvalue weighted by Gasteiger charge is -2.25. The molecule has 1 aliphatic heterocycles. The van der Waals surface area contributed by atoms with Gasteiger partial charge in [-0.05, 0) is 25.7 Å². The van der Waals surface area contributed by atoms with E-state index in [1.807, 2.05) is 0 Å². The lowest BCUT2D eigenvalue weighted by atomic mass is 9.98. The highest BCUT2D eigenvalue weighted by Gasteiger charge is 2.48. The number of aliphatic hydroxyl groups is 1. The zero-order valence-corrected chi connectivity index (χ0v) is 6.21. The van der Waals surface area contributed by atoms with Gasteiger partial charge in [0.05, 0.1) is 11.6 Å². The third-order valence-electron chi connectivity index (χ3n) is 2.62. The van der Waals surface area contributed by atoms with Crippen LogP contribution in [0, 0.1) is 0 Å². The molecule has 0 bridgehead atoms. The van der Waals surface area contributed by atoms with Crippen LogP contribution in [0.5, 0.6) is 0 Å². The van der Waals surface area contributed by atoms with Gasteiger partial charge in [0, 0.05) is 6.54 Å². The molecule has 1 N–H and O–H groups in total. The molecule has 0 aromatic carbocycles. The summed E-state index contributed by atoms with van der Waals surface area (Å²) < 4.78 is 0. The number of rotatable bonds is 1. The SMILES string of the molecule is OC1(C2CCCC[N]2)CC1. The van der Waals surface area contributed by atoms with Crippen LogP contribution in [0.1, 0.15) is 32.1 Å². The van der Waals surface area contributed by atoms with Crippen LogP contribution >= 0.6 is 0 Å². The Balaban J connectivity index is 1.91. The Morgan fingerprint density at radius 1 is 1.30 bits per heavy atom.